The summed E-state index contributed by atoms with van der Waals surface area (Å²) in [6.07, 6.45) is -2.66. The number of nitrogens with one attached hydrogen (secondary N) is 1. The Bertz CT molecular complexity index is 324. The van der Waals surface area contributed by atoms with Gasteiger partial charge in [-0.05, 0) is 6.54 Å². The van der Waals surface area contributed by atoms with Crippen molar-refractivity contribution in [3.8, 4) is 0 Å². The van der Waals surface area contributed by atoms with Gasteiger partial charge >= 0.3 is 6.18 Å². The standard InChI is InChI=1S/C9H14F3N3O/c1-2-13-8(6-16)5-15-4-7(3-14-15)9(10,11)12/h3-4,8,13,16H,2,5-6H2,1H3. The highest BCUT2D eigenvalue weighted by Gasteiger charge is 2.32. The van der Waals surface area contributed by atoms with Crippen LogP contribution in [0.25, 0.3) is 0 Å². The van der Waals surface area contributed by atoms with Crippen LogP contribution in [-0.2, 0) is 12.7 Å². The molecule has 7 heteroatoms. The molecule has 0 spiro atoms. The minimum atomic E-state index is -4.37. The van der Waals surface area contributed by atoms with Gasteiger partial charge in [0.15, 0.2) is 0 Å². The monoisotopic (exact) mass is 237 g/mol. The minimum Gasteiger partial charge on any atom is -0.395 e. The third kappa shape index (κ3) is 3.49. The fourth-order valence-corrected chi connectivity index (χ4v) is 1.31. The minimum absolute atomic E-state index is 0.144. The molecule has 0 radical (unpaired) electrons. The Morgan fingerprint density at radius 3 is 2.69 bits per heavy atom. The predicted octanol–water partition coefficient (Wildman–Crippen LogP) is 0.872. The van der Waals surface area contributed by atoms with Crippen LogP contribution in [0.15, 0.2) is 12.4 Å². The van der Waals surface area contributed by atoms with Gasteiger partial charge in [0.05, 0.1) is 24.9 Å². The van der Waals surface area contributed by atoms with Crippen LogP contribution < -0.4 is 5.32 Å². The van der Waals surface area contributed by atoms with Crippen LogP contribution in [0.5, 0.6) is 0 Å². The number of halogens is 3. The summed E-state index contributed by atoms with van der Waals surface area (Å²) >= 11 is 0. The lowest BCUT2D eigenvalue weighted by atomic mass is 10.3. The molecule has 1 atom stereocenters. The first-order chi connectivity index (χ1) is 7.47. The van der Waals surface area contributed by atoms with Crippen molar-refractivity contribution in [2.45, 2.75) is 25.7 Å². The van der Waals surface area contributed by atoms with Gasteiger partial charge < -0.3 is 10.4 Å². The molecule has 0 saturated heterocycles. The van der Waals surface area contributed by atoms with E-state index in [-0.39, 0.29) is 19.2 Å². The summed E-state index contributed by atoms with van der Waals surface area (Å²) < 4.78 is 37.9. The Morgan fingerprint density at radius 2 is 2.25 bits per heavy atom. The van der Waals surface area contributed by atoms with E-state index >= 15 is 0 Å². The molecular weight excluding hydrogens is 223 g/mol. The van der Waals surface area contributed by atoms with E-state index in [9.17, 15) is 13.2 Å². The number of likely N-dealkylation sites (N-methyl/N-ethyl adjacent to an activating group) is 1. The molecule has 1 heterocycles. The van der Waals surface area contributed by atoms with Crippen molar-refractivity contribution in [1.29, 1.82) is 0 Å². The molecule has 0 saturated carbocycles. The van der Waals surface area contributed by atoms with E-state index in [2.05, 4.69) is 10.4 Å². The number of hydrogen-bond acceptors (Lipinski definition) is 3. The van der Waals surface area contributed by atoms with Crippen molar-refractivity contribution in [2.75, 3.05) is 13.2 Å². The van der Waals surface area contributed by atoms with Crippen LogP contribution in [0.4, 0.5) is 13.2 Å². The molecule has 0 fully saturated rings. The Hall–Kier alpha value is -1.08. The van der Waals surface area contributed by atoms with Crippen LogP contribution >= 0.6 is 0 Å². The second kappa shape index (κ2) is 5.31. The van der Waals surface area contributed by atoms with Crippen molar-refractivity contribution >= 4 is 0 Å². The molecule has 2 N–H and O–H groups in total. The van der Waals surface area contributed by atoms with E-state index in [1.807, 2.05) is 6.92 Å². The number of nitrogens with zero attached hydrogens (tertiary/aromatic N) is 2. The van der Waals surface area contributed by atoms with Crippen molar-refractivity contribution in [3.05, 3.63) is 18.0 Å². The SMILES string of the molecule is CCNC(CO)Cn1cc(C(F)(F)F)cn1. The summed E-state index contributed by atoms with van der Waals surface area (Å²) in [5, 5.41) is 15.5. The molecule has 4 nitrogen and oxygen atoms in total. The van der Waals surface area contributed by atoms with Gasteiger partial charge in [0.25, 0.3) is 0 Å². The normalized spacial score (nSPS) is 14.1. The summed E-state index contributed by atoms with van der Waals surface area (Å²) in [5.74, 6) is 0. The summed E-state index contributed by atoms with van der Waals surface area (Å²) in [7, 11) is 0. The van der Waals surface area contributed by atoms with E-state index in [0.29, 0.717) is 6.54 Å². The van der Waals surface area contributed by atoms with Crippen molar-refractivity contribution < 1.29 is 18.3 Å². The van der Waals surface area contributed by atoms with E-state index in [4.69, 9.17) is 5.11 Å². The summed E-state index contributed by atoms with van der Waals surface area (Å²) in [5.41, 5.74) is -0.777. The van der Waals surface area contributed by atoms with Gasteiger partial charge in [-0.1, -0.05) is 6.92 Å². The Labute approximate surface area is 91.1 Å². The Balaban J connectivity index is 2.64. The lowest BCUT2D eigenvalue weighted by Gasteiger charge is -2.14. The van der Waals surface area contributed by atoms with Gasteiger partial charge in [-0.2, -0.15) is 18.3 Å². The first-order valence-electron chi connectivity index (χ1n) is 4.91. The second-order valence-corrected chi connectivity index (χ2v) is 3.39. The largest absolute Gasteiger partial charge is 0.419 e. The van der Waals surface area contributed by atoms with Crippen LogP contribution in [0, 0.1) is 0 Å². The molecule has 0 aromatic carbocycles. The van der Waals surface area contributed by atoms with Gasteiger partial charge in [-0.25, -0.2) is 0 Å². The van der Waals surface area contributed by atoms with E-state index in [0.717, 1.165) is 12.4 Å². The number of aliphatic hydroxyl groups excluding tert-OH is 1. The molecule has 92 valence electrons. The van der Waals surface area contributed by atoms with Gasteiger partial charge in [-0.3, -0.25) is 4.68 Å². The van der Waals surface area contributed by atoms with Crippen LogP contribution in [-0.4, -0.2) is 34.1 Å². The number of aromatic nitrogens is 2. The molecule has 16 heavy (non-hydrogen) atoms. The van der Waals surface area contributed by atoms with E-state index in [1.54, 1.807) is 0 Å². The van der Waals surface area contributed by atoms with Gasteiger partial charge in [0.1, 0.15) is 0 Å². The average Bonchev–Trinajstić information content (AvgIpc) is 2.65. The number of hydrogen-bond donors (Lipinski definition) is 2. The van der Waals surface area contributed by atoms with Crippen molar-refractivity contribution in [3.63, 3.8) is 0 Å². The molecule has 1 unspecified atom stereocenters. The maximum atomic E-state index is 12.3. The molecule has 0 amide bonds. The Morgan fingerprint density at radius 1 is 1.56 bits per heavy atom. The zero-order chi connectivity index (χ0) is 12.2. The zero-order valence-electron chi connectivity index (χ0n) is 8.83. The van der Waals surface area contributed by atoms with Crippen LogP contribution in [0.1, 0.15) is 12.5 Å². The van der Waals surface area contributed by atoms with Gasteiger partial charge in [0, 0.05) is 12.2 Å². The molecule has 0 bridgehead atoms. The number of rotatable bonds is 5. The Kier molecular flexibility index (Phi) is 4.31. The highest BCUT2D eigenvalue weighted by molar-refractivity contribution is 5.08. The second-order valence-electron chi connectivity index (χ2n) is 3.39. The topological polar surface area (TPSA) is 50.1 Å². The maximum absolute atomic E-state index is 12.3. The molecule has 0 aliphatic carbocycles. The highest BCUT2D eigenvalue weighted by Crippen LogP contribution is 2.28. The highest BCUT2D eigenvalue weighted by atomic mass is 19.4. The smallest absolute Gasteiger partial charge is 0.395 e. The van der Waals surface area contributed by atoms with Crippen molar-refractivity contribution in [1.82, 2.24) is 15.1 Å². The molecular formula is C9H14F3N3O. The summed E-state index contributed by atoms with van der Waals surface area (Å²) in [6.45, 7) is 2.56. The number of aliphatic hydroxyl groups is 1. The summed E-state index contributed by atoms with van der Waals surface area (Å²) in [4.78, 5) is 0. The molecule has 1 aromatic rings. The summed E-state index contributed by atoms with van der Waals surface area (Å²) in [6, 6.07) is -0.286. The van der Waals surface area contributed by atoms with Crippen LogP contribution in [0.3, 0.4) is 0 Å². The quantitative estimate of drug-likeness (QED) is 0.799. The third-order valence-corrected chi connectivity index (χ3v) is 2.08. The fourth-order valence-electron chi connectivity index (χ4n) is 1.31. The first kappa shape index (κ1) is 13.0. The molecule has 1 aromatic heterocycles. The predicted molar refractivity (Wildman–Crippen MR) is 51.8 cm³/mol. The van der Waals surface area contributed by atoms with Gasteiger partial charge in [0.2, 0.25) is 0 Å². The first-order valence-corrected chi connectivity index (χ1v) is 4.91. The molecule has 0 aliphatic heterocycles. The lowest BCUT2D eigenvalue weighted by Crippen LogP contribution is -2.36. The lowest BCUT2D eigenvalue weighted by molar-refractivity contribution is -0.137. The van der Waals surface area contributed by atoms with E-state index in [1.165, 1.54) is 4.68 Å². The third-order valence-electron chi connectivity index (χ3n) is 2.08. The molecule has 0 aliphatic rings. The van der Waals surface area contributed by atoms with Crippen LogP contribution in [0.2, 0.25) is 0 Å². The van der Waals surface area contributed by atoms with Gasteiger partial charge in [-0.15, -0.1) is 0 Å². The fraction of sp³-hybridized carbons (Fsp3) is 0.667. The van der Waals surface area contributed by atoms with Crippen molar-refractivity contribution in [2.24, 2.45) is 0 Å². The maximum Gasteiger partial charge on any atom is 0.419 e. The molecule has 1 rings (SSSR count). The van der Waals surface area contributed by atoms with E-state index < -0.39 is 11.7 Å². The number of alkyl halides is 3. The zero-order valence-corrected chi connectivity index (χ0v) is 8.83. The average molecular weight is 237 g/mol.